The Morgan fingerprint density at radius 2 is 0.682 bits per heavy atom. The van der Waals surface area contributed by atoms with Gasteiger partial charge in [-0.1, -0.05) is 219 Å². The van der Waals surface area contributed by atoms with Crippen molar-refractivity contribution in [2.75, 3.05) is 13.2 Å². The number of carbonyl (C=O) groups excluding carboxylic acids is 3. The number of carbonyl (C=O) groups is 3. The van der Waals surface area contributed by atoms with E-state index < -0.39 is 6.10 Å². The second-order valence-electron chi connectivity index (χ2n) is 16.8. The summed E-state index contributed by atoms with van der Waals surface area (Å²) in [5.41, 5.74) is 0. The molecule has 6 nitrogen and oxygen atoms in total. The van der Waals surface area contributed by atoms with Gasteiger partial charge in [0.05, 0.1) is 0 Å². The molecule has 6 heteroatoms. The second kappa shape index (κ2) is 53.2. The highest BCUT2D eigenvalue weighted by Crippen LogP contribution is 2.12. The van der Waals surface area contributed by atoms with E-state index in [9.17, 15) is 14.4 Å². The zero-order valence-electron chi connectivity index (χ0n) is 42.1. The molecular weight excluding hydrogens is 817 g/mol. The number of hydrogen-bond acceptors (Lipinski definition) is 6. The van der Waals surface area contributed by atoms with Gasteiger partial charge in [-0.2, -0.15) is 0 Å². The average molecular weight is 911 g/mol. The molecule has 66 heavy (non-hydrogen) atoms. The SMILES string of the molecule is CC\C=C/C=C\C=C/C=C\C=C/CCCCCC(=O)OCC(COC(=O)CCC/C=C\C/C=C\C/C=C\CCCCCCCC)OC(=O)CCCCCCCC/C=C\C/C=C\C/C=C\CC. The average Bonchev–Trinajstić information content (AvgIpc) is 3.31. The monoisotopic (exact) mass is 911 g/mol. The van der Waals surface area contributed by atoms with Gasteiger partial charge in [0.2, 0.25) is 0 Å². The molecule has 0 saturated carbocycles. The van der Waals surface area contributed by atoms with Gasteiger partial charge in [0, 0.05) is 19.3 Å². The van der Waals surface area contributed by atoms with Gasteiger partial charge in [-0.15, -0.1) is 0 Å². The Morgan fingerprint density at radius 1 is 0.333 bits per heavy atom. The molecule has 0 aromatic rings. The topological polar surface area (TPSA) is 78.9 Å². The molecule has 0 saturated heterocycles. The molecule has 0 amide bonds. The lowest BCUT2D eigenvalue weighted by molar-refractivity contribution is -0.167. The van der Waals surface area contributed by atoms with Crippen LogP contribution in [0.3, 0.4) is 0 Å². The minimum atomic E-state index is -0.828. The summed E-state index contributed by atoms with van der Waals surface area (Å²) in [6.45, 7) is 6.26. The first kappa shape index (κ1) is 61.5. The van der Waals surface area contributed by atoms with Gasteiger partial charge in [0.25, 0.3) is 0 Å². The van der Waals surface area contributed by atoms with Crippen molar-refractivity contribution in [3.05, 3.63) is 134 Å². The minimum absolute atomic E-state index is 0.126. The molecule has 0 fully saturated rings. The van der Waals surface area contributed by atoms with E-state index in [2.05, 4.69) is 106 Å². The summed E-state index contributed by atoms with van der Waals surface area (Å²) >= 11 is 0. The van der Waals surface area contributed by atoms with Crippen molar-refractivity contribution >= 4 is 17.9 Å². The van der Waals surface area contributed by atoms with Gasteiger partial charge in [0.1, 0.15) is 13.2 Å². The van der Waals surface area contributed by atoms with E-state index in [4.69, 9.17) is 14.2 Å². The van der Waals surface area contributed by atoms with E-state index in [1.54, 1.807) is 0 Å². The first-order valence-electron chi connectivity index (χ1n) is 26.3. The number of allylic oxidation sites excluding steroid dienone is 22. The van der Waals surface area contributed by atoms with Crippen LogP contribution in [-0.2, 0) is 28.6 Å². The molecule has 0 aliphatic rings. The van der Waals surface area contributed by atoms with Gasteiger partial charge in [-0.3, -0.25) is 14.4 Å². The molecule has 0 aromatic heterocycles. The fourth-order valence-electron chi connectivity index (χ4n) is 6.61. The molecule has 1 atom stereocenters. The van der Waals surface area contributed by atoms with Crippen LogP contribution in [-0.4, -0.2) is 37.2 Å². The molecule has 0 heterocycles. The highest BCUT2D eigenvalue weighted by Gasteiger charge is 2.19. The molecule has 0 rings (SSSR count). The van der Waals surface area contributed by atoms with Crippen molar-refractivity contribution in [2.24, 2.45) is 0 Å². The number of rotatable bonds is 45. The third-order valence-electron chi connectivity index (χ3n) is 10.5. The molecular formula is C60H94O6. The number of unbranched alkanes of at least 4 members (excludes halogenated alkanes) is 16. The van der Waals surface area contributed by atoms with Crippen LogP contribution in [0.4, 0.5) is 0 Å². The van der Waals surface area contributed by atoms with E-state index in [-0.39, 0.29) is 44.0 Å². The lowest BCUT2D eigenvalue weighted by atomic mass is 10.1. The van der Waals surface area contributed by atoms with Crippen molar-refractivity contribution in [1.82, 2.24) is 0 Å². The minimum Gasteiger partial charge on any atom is -0.462 e. The van der Waals surface area contributed by atoms with E-state index in [1.165, 1.54) is 57.8 Å². The molecule has 370 valence electrons. The second-order valence-corrected chi connectivity index (χ2v) is 16.8. The molecule has 0 radical (unpaired) electrons. The maximum absolute atomic E-state index is 12.8. The first-order valence-corrected chi connectivity index (χ1v) is 26.3. The Labute approximate surface area is 405 Å². The van der Waals surface area contributed by atoms with Gasteiger partial charge in [-0.05, 0) is 103 Å². The van der Waals surface area contributed by atoms with E-state index >= 15 is 0 Å². The zero-order chi connectivity index (χ0) is 47.9. The van der Waals surface area contributed by atoms with E-state index in [0.717, 1.165) is 103 Å². The Balaban J connectivity index is 4.59. The number of esters is 3. The summed E-state index contributed by atoms with van der Waals surface area (Å²) < 4.78 is 16.7. The Hall–Kier alpha value is -4.45. The predicted octanol–water partition coefficient (Wildman–Crippen LogP) is 17.5. The van der Waals surface area contributed by atoms with Crippen LogP contribution in [0.5, 0.6) is 0 Å². The summed E-state index contributed by atoms with van der Waals surface area (Å²) in [6, 6.07) is 0. The maximum atomic E-state index is 12.8. The smallest absolute Gasteiger partial charge is 0.306 e. The Bertz CT molecular complexity index is 1460. The largest absolute Gasteiger partial charge is 0.462 e. The van der Waals surface area contributed by atoms with Crippen molar-refractivity contribution in [2.45, 2.75) is 213 Å². The first-order chi connectivity index (χ1) is 32.5. The summed E-state index contributed by atoms with van der Waals surface area (Å²) in [5, 5.41) is 0. The molecule has 0 bridgehead atoms. The molecule has 0 spiro atoms. The predicted molar refractivity (Wildman–Crippen MR) is 283 cm³/mol. The van der Waals surface area contributed by atoms with Crippen LogP contribution in [0.25, 0.3) is 0 Å². The standard InChI is InChI=1S/C60H94O6/c1-4-7-10-13-16-19-22-25-28-30-33-35-38-41-44-47-50-53-59(62)65-56-57(55-64-58(61)52-49-46-43-40-37-34-31-27-24-21-18-15-12-9-6-3)66-60(63)54-51-48-45-42-39-36-32-29-26-23-20-17-14-11-8-5-2/h8-9,11-12,15,17-18,20-21,24-29,31,33-35,37,41,44,57H,4-7,10,13-14,16,19,22-23,30,32,36,38-40,42-43,45-56H2,1-3H3/b11-8-,12-9-,18-15-,20-17-,24-21-,28-25-,29-26-,31-27-,35-33-,37-34-,44-41-. The number of ether oxygens (including phenoxy) is 3. The highest BCUT2D eigenvalue weighted by atomic mass is 16.6. The van der Waals surface area contributed by atoms with Crippen LogP contribution in [0.2, 0.25) is 0 Å². The Morgan fingerprint density at radius 3 is 1.18 bits per heavy atom. The quantitative estimate of drug-likeness (QED) is 0.0199. The lowest BCUT2D eigenvalue weighted by Crippen LogP contribution is -2.30. The van der Waals surface area contributed by atoms with E-state index in [0.29, 0.717) is 12.8 Å². The number of hydrogen-bond donors (Lipinski definition) is 0. The van der Waals surface area contributed by atoms with Crippen LogP contribution in [0, 0.1) is 0 Å². The normalized spacial score (nSPS) is 13.2. The molecule has 1 unspecified atom stereocenters. The molecule has 0 aromatic carbocycles. The van der Waals surface area contributed by atoms with Crippen LogP contribution >= 0.6 is 0 Å². The Kier molecular flexibility index (Phi) is 49.6. The molecule has 0 N–H and O–H groups in total. The van der Waals surface area contributed by atoms with E-state index in [1.807, 2.05) is 48.6 Å². The fraction of sp³-hybridized carbons (Fsp3) is 0.583. The molecule has 0 aliphatic carbocycles. The van der Waals surface area contributed by atoms with Crippen LogP contribution < -0.4 is 0 Å². The van der Waals surface area contributed by atoms with Crippen molar-refractivity contribution < 1.29 is 28.6 Å². The lowest BCUT2D eigenvalue weighted by Gasteiger charge is -2.18. The summed E-state index contributed by atoms with van der Waals surface area (Å²) in [6.07, 6.45) is 74.4. The van der Waals surface area contributed by atoms with Crippen molar-refractivity contribution in [3.63, 3.8) is 0 Å². The van der Waals surface area contributed by atoms with Gasteiger partial charge in [-0.25, -0.2) is 0 Å². The van der Waals surface area contributed by atoms with Crippen molar-refractivity contribution in [1.29, 1.82) is 0 Å². The van der Waals surface area contributed by atoms with Gasteiger partial charge < -0.3 is 14.2 Å². The summed E-state index contributed by atoms with van der Waals surface area (Å²) in [7, 11) is 0. The van der Waals surface area contributed by atoms with Crippen LogP contribution in [0.1, 0.15) is 207 Å². The zero-order valence-corrected chi connectivity index (χ0v) is 42.1. The maximum Gasteiger partial charge on any atom is 0.306 e. The summed E-state index contributed by atoms with van der Waals surface area (Å²) in [4.78, 5) is 38.0. The third kappa shape index (κ3) is 50.5. The fourth-order valence-corrected chi connectivity index (χ4v) is 6.61. The van der Waals surface area contributed by atoms with Gasteiger partial charge >= 0.3 is 17.9 Å². The van der Waals surface area contributed by atoms with Crippen molar-refractivity contribution in [3.8, 4) is 0 Å². The third-order valence-corrected chi connectivity index (χ3v) is 10.5. The molecule has 0 aliphatic heterocycles. The van der Waals surface area contributed by atoms with Crippen LogP contribution in [0.15, 0.2) is 134 Å². The highest BCUT2D eigenvalue weighted by molar-refractivity contribution is 5.71. The van der Waals surface area contributed by atoms with Gasteiger partial charge in [0.15, 0.2) is 6.10 Å². The summed E-state index contributed by atoms with van der Waals surface area (Å²) in [5.74, 6) is -1.04.